The van der Waals surface area contributed by atoms with Crippen LogP contribution in [0.3, 0.4) is 0 Å². The minimum absolute atomic E-state index is 0.197. The van der Waals surface area contributed by atoms with Crippen LogP contribution in [0.1, 0.15) is 30.2 Å². The Morgan fingerprint density at radius 3 is 2.74 bits per heavy atom. The van der Waals surface area contributed by atoms with Gasteiger partial charge in [0.15, 0.2) is 0 Å². The molecule has 1 saturated heterocycles. The van der Waals surface area contributed by atoms with Gasteiger partial charge in [0.2, 0.25) is 5.91 Å². The van der Waals surface area contributed by atoms with Gasteiger partial charge in [0, 0.05) is 24.7 Å². The smallest absolute Gasteiger partial charge is 0.414 e. The number of ether oxygens (including phenoxy) is 1. The van der Waals surface area contributed by atoms with Crippen molar-refractivity contribution in [2.24, 2.45) is 0 Å². The van der Waals surface area contributed by atoms with E-state index in [1.54, 1.807) is 12.1 Å². The van der Waals surface area contributed by atoms with Crippen molar-refractivity contribution in [1.82, 2.24) is 20.8 Å². The number of aryl methyl sites for hydroxylation is 2. The summed E-state index contributed by atoms with van der Waals surface area (Å²) in [4.78, 5) is 24.6. The zero-order chi connectivity index (χ0) is 24.8. The van der Waals surface area contributed by atoms with Gasteiger partial charge in [0.25, 0.3) is 0 Å². The van der Waals surface area contributed by atoms with Crippen molar-refractivity contribution >= 4 is 17.7 Å². The van der Waals surface area contributed by atoms with Crippen LogP contribution in [0.5, 0.6) is 0 Å². The molecule has 1 aliphatic rings. The standard InChI is InChI=1S/C26H30FN5O3/c1-17-21(14-30-31-17)4-3-11-28-13-19-5-7-20(8-6-19)24-10-9-22(12-25(24)27)32-16-23(35-26(32)34)15-29-18(2)33/h5-10,12,14,23,28H,3-4,11,13,15-16H2,1-2H3,(H,29,33)(H,30,31)/t23-/m0/s1. The minimum Gasteiger partial charge on any atom is -0.442 e. The van der Waals surface area contributed by atoms with E-state index >= 15 is 0 Å². The molecule has 0 radical (unpaired) electrons. The number of aromatic nitrogens is 2. The van der Waals surface area contributed by atoms with Gasteiger partial charge >= 0.3 is 6.09 Å². The molecule has 0 unspecified atom stereocenters. The van der Waals surface area contributed by atoms with Crippen LogP contribution in [-0.2, 0) is 22.5 Å². The molecule has 0 aliphatic carbocycles. The molecule has 0 spiro atoms. The molecule has 184 valence electrons. The number of benzene rings is 2. The Bertz CT molecular complexity index is 1180. The first-order valence-electron chi connectivity index (χ1n) is 11.7. The molecule has 2 aromatic carbocycles. The van der Waals surface area contributed by atoms with Gasteiger partial charge in [0.1, 0.15) is 11.9 Å². The van der Waals surface area contributed by atoms with Gasteiger partial charge < -0.3 is 15.4 Å². The molecule has 2 heterocycles. The fourth-order valence-electron chi connectivity index (χ4n) is 4.07. The summed E-state index contributed by atoms with van der Waals surface area (Å²) in [6, 6.07) is 12.5. The van der Waals surface area contributed by atoms with Crippen LogP contribution in [0.15, 0.2) is 48.7 Å². The number of anilines is 1. The van der Waals surface area contributed by atoms with Crippen molar-refractivity contribution in [2.75, 3.05) is 24.5 Å². The van der Waals surface area contributed by atoms with Crippen LogP contribution >= 0.6 is 0 Å². The highest BCUT2D eigenvalue weighted by atomic mass is 19.1. The molecule has 3 aromatic rings. The second kappa shape index (κ2) is 11.1. The molecule has 0 saturated carbocycles. The molecule has 9 heteroatoms. The number of carbonyl (C=O) groups excluding carboxylic acids is 2. The summed E-state index contributed by atoms with van der Waals surface area (Å²) in [6.07, 6.45) is 2.86. The van der Waals surface area contributed by atoms with Gasteiger partial charge in [-0.2, -0.15) is 5.10 Å². The molecule has 1 fully saturated rings. The molecule has 1 aliphatic heterocycles. The average molecular weight is 480 g/mol. The summed E-state index contributed by atoms with van der Waals surface area (Å²) >= 11 is 0. The summed E-state index contributed by atoms with van der Waals surface area (Å²) < 4.78 is 20.2. The monoisotopic (exact) mass is 479 g/mol. The SMILES string of the molecule is CC(=O)NC[C@H]1CN(c2ccc(-c3ccc(CNCCCc4cn[nH]c4C)cc3)c(F)c2)C(=O)O1. The summed E-state index contributed by atoms with van der Waals surface area (Å²) in [7, 11) is 0. The van der Waals surface area contributed by atoms with Crippen LogP contribution in [0, 0.1) is 12.7 Å². The van der Waals surface area contributed by atoms with E-state index in [-0.39, 0.29) is 19.0 Å². The van der Waals surface area contributed by atoms with Gasteiger partial charge in [-0.1, -0.05) is 24.3 Å². The van der Waals surface area contributed by atoms with E-state index in [4.69, 9.17) is 4.74 Å². The Morgan fingerprint density at radius 1 is 1.26 bits per heavy atom. The van der Waals surface area contributed by atoms with Gasteiger partial charge in [-0.3, -0.25) is 14.8 Å². The number of cyclic esters (lactones) is 1. The third-order valence-corrected chi connectivity index (χ3v) is 6.05. The Labute approximate surface area is 203 Å². The number of aromatic amines is 1. The van der Waals surface area contributed by atoms with E-state index in [0.29, 0.717) is 11.3 Å². The molecule has 4 rings (SSSR count). The second-order valence-corrected chi connectivity index (χ2v) is 8.72. The maximum atomic E-state index is 14.9. The van der Waals surface area contributed by atoms with Gasteiger partial charge in [-0.05, 0) is 61.2 Å². The van der Waals surface area contributed by atoms with E-state index in [1.807, 2.05) is 37.4 Å². The Kier molecular flexibility index (Phi) is 7.77. The molecular formula is C26H30FN5O3. The lowest BCUT2D eigenvalue weighted by Gasteiger charge is -2.15. The predicted molar refractivity (Wildman–Crippen MR) is 131 cm³/mol. The van der Waals surface area contributed by atoms with Crippen molar-refractivity contribution < 1.29 is 18.7 Å². The van der Waals surface area contributed by atoms with E-state index in [2.05, 4.69) is 20.8 Å². The normalized spacial score (nSPS) is 15.3. The molecule has 8 nitrogen and oxygen atoms in total. The molecule has 3 N–H and O–H groups in total. The highest BCUT2D eigenvalue weighted by Gasteiger charge is 2.32. The largest absolute Gasteiger partial charge is 0.442 e. The molecule has 1 aromatic heterocycles. The number of nitrogens with zero attached hydrogens (tertiary/aromatic N) is 2. The number of H-pyrrole nitrogens is 1. The number of hydrogen-bond acceptors (Lipinski definition) is 5. The minimum atomic E-state index is -0.552. The van der Waals surface area contributed by atoms with Crippen LogP contribution in [-0.4, -0.2) is 47.9 Å². The Hall–Kier alpha value is -3.72. The number of nitrogens with one attached hydrogen (secondary N) is 3. The first kappa shape index (κ1) is 24.4. The lowest BCUT2D eigenvalue weighted by molar-refractivity contribution is -0.119. The average Bonchev–Trinajstić information content (AvgIpc) is 3.42. The molecule has 1 atom stereocenters. The van der Waals surface area contributed by atoms with Crippen LogP contribution in [0.4, 0.5) is 14.9 Å². The molecular weight excluding hydrogens is 449 g/mol. The predicted octanol–water partition coefficient (Wildman–Crippen LogP) is 3.71. The summed E-state index contributed by atoms with van der Waals surface area (Å²) in [6.45, 7) is 5.54. The summed E-state index contributed by atoms with van der Waals surface area (Å²) in [5.74, 6) is -0.613. The van der Waals surface area contributed by atoms with Crippen molar-refractivity contribution in [3.8, 4) is 11.1 Å². The van der Waals surface area contributed by atoms with Crippen LogP contribution in [0.2, 0.25) is 0 Å². The van der Waals surface area contributed by atoms with Crippen molar-refractivity contribution in [1.29, 1.82) is 0 Å². The van der Waals surface area contributed by atoms with Crippen LogP contribution in [0.25, 0.3) is 11.1 Å². The number of hydrogen-bond donors (Lipinski definition) is 3. The van der Waals surface area contributed by atoms with Gasteiger partial charge in [0.05, 0.1) is 25.0 Å². The third kappa shape index (κ3) is 6.24. The third-order valence-electron chi connectivity index (χ3n) is 6.05. The van der Waals surface area contributed by atoms with Crippen molar-refractivity contribution in [3.05, 3.63) is 71.3 Å². The first-order chi connectivity index (χ1) is 16.9. The zero-order valence-electron chi connectivity index (χ0n) is 19.9. The fourth-order valence-corrected chi connectivity index (χ4v) is 4.07. The highest BCUT2D eigenvalue weighted by Crippen LogP contribution is 2.29. The maximum absolute atomic E-state index is 14.9. The number of halogens is 1. The second-order valence-electron chi connectivity index (χ2n) is 8.72. The number of rotatable bonds is 10. The molecule has 0 bridgehead atoms. The van der Waals surface area contributed by atoms with Gasteiger partial charge in [-0.15, -0.1) is 0 Å². The van der Waals surface area contributed by atoms with E-state index in [9.17, 15) is 14.0 Å². The zero-order valence-corrected chi connectivity index (χ0v) is 19.9. The Morgan fingerprint density at radius 2 is 2.06 bits per heavy atom. The van der Waals surface area contributed by atoms with E-state index in [1.165, 1.54) is 23.5 Å². The first-order valence-corrected chi connectivity index (χ1v) is 11.7. The summed E-state index contributed by atoms with van der Waals surface area (Å²) in [5.41, 5.74) is 5.14. The molecule has 2 amide bonds. The molecule has 35 heavy (non-hydrogen) atoms. The lowest BCUT2D eigenvalue weighted by atomic mass is 10.0. The number of carbonyl (C=O) groups is 2. The van der Waals surface area contributed by atoms with Crippen molar-refractivity contribution in [2.45, 2.75) is 39.3 Å². The topological polar surface area (TPSA) is 99.4 Å². The van der Waals surface area contributed by atoms with Crippen LogP contribution < -0.4 is 15.5 Å². The van der Waals surface area contributed by atoms with E-state index < -0.39 is 18.0 Å². The maximum Gasteiger partial charge on any atom is 0.414 e. The quantitative estimate of drug-likeness (QED) is 0.385. The Balaban J connectivity index is 1.30. The van der Waals surface area contributed by atoms with E-state index in [0.717, 1.165) is 42.8 Å². The fraction of sp³-hybridized carbons (Fsp3) is 0.346. The lowest BCUT2D eigenvalue weighted by Crippen LogP contribution is -2.33. The summed E-state index contributed by atoms with van der Waals surface area (Å²) in [5, 5.41) is 13.1. The number of amides is 2. The highest BCUT2D eigenvalue weighted by molar-refractivity contribution is 5.90. The van der Waals surface area contributed by atoms with Gasteiger partial charge in [-0.25, -0.2) is 9.18 Å². The van der Waals surface area contributed by atoms with Crippen molar-refractivity contribution in [3.63, 3.8) is 0 Å².